The summed E-state index contributed by atoms with van der Waals surface area (Å²) in [4.78, 5) is 25.9. The van der Waals surface area contributed by atoms with Crippen LogP contribution in [0.5, 0.6) is 5.75 Å². The van der Waals surface area contributed by atoms with Crippen LogP contribution in [-0.4, -0.2) is 41.6 Å². The van der Waals surface area contributed by atoms with Gasteiger partial charge >= 0.3 is 5.96 Å². The van der Waals surface area contributed by atoms with Gasteiger partial charge in [0, 0.05) is 6.42 Å². The predicted octanol–water partition coefficient (Wildman–Crippen LogP) is -5.09. The highest BCUT2D eigenvalue weighted by atomic mass is 16.4. The number of carbonyl (C=O) groups is 2. The Morgan fingerprint density at radius 3 is 2.46 bits per heavy atom. The molecule has 10 N–H and O–H groups in total. The maximum Gasteiger partial charge on any atom is 0.338 e. The van der Waals surface area contributed by atoms with Gasteiger partial charge in [0.2, 0.25) is 0 Å². The van der Waals surface area contributed by atoms with E-state index >= 15 is 0 Å². The molecule has 9 nitrogen and oxygen atoms in total. The van der Waals surface area contributed by atoms with E-state index in [1.54, 1.807) is 12.1 Å². The number of aromatic hydroxyl groups is 1. The summed E-state index contributed by atoms with van der Waals surface area (Å²) in [5.41, 5.74) is 15.0. The SMILES string of the molecule is NC(N)=[NH+]CCC[C@H](NC(=O)[C@@H]([NH3+])Cc1ccc(O)cc1)C(=O)[O-]. The Labute approximate surface area is 139 Å². The quantitative estimate of drug-likeness (QED) is 0.149. The average Bonchev–Trinajstić information content (AvgIpc) is 2.51. The lowest BCUT2D eigenvalue weighted by Gasteiger charge is -2.20. The Morgan fingerprint density at radius 2 is 1.92 bits per heavy atom. The van der Waals surface area contributed by atoms with Crippen LogP contribution in [0.1, 0.15) is 18.4 Å². The van der Waals surface area contributed by atoms with E-state index in [1.165, 1.54) is 12.1 Å². The Hall–Kier alpha value is -2.81. The van der Waals surface area contributed by atoms with E-state index in [2.05, 4.69) is 16.0 Å². The maximum absolute atomic E-state index is 12.1. The van der Waals surface area contributed by atoms with Crippen LogP contribution in [-0.2, 0) is 16.0 Å². The molecule has 24 heavy (non-hydrogen) atoms. The number of aliphatic carboxylic acids is 1. The van der Waals surface area contributed by atoms with Crippen molar-refractivity contribution in [3.05, 3.63) is 29.8 Å². The molecule has 0 heterocycles. The highest BCUT2D eigenvalue weighted by Gasteiger charge is 2.21. The minimum atomic E-state index is -1.36. The van der Waals surface area contributed by atoms with Crippen molar-refractivity contribution in [1.29, 1.82) is 0 Å². The second-order valence-electron chi connectivity index (χ2n) is 5.47. The van der Waals surface area contributed by atoms with Crippen LogP contribution >= 0.6 is 0 Å². The summed E-state index contributed by atoms with van der Waals surface area (Å²) in [6.07, 6.45) is 0.947. The van der Waals surface area contributed by atoms with Crippen LogP contribution in [0.15, 0.2) is 24.3 Å². The molecule has 1 aromatic rings. The van der Waals surface area contributed by atoms with Gasteiger partial charge in [-0.2, -0.15) is 0 Å². The molecule has 0 unspecified atom stereocenters. The topological polar surface area (TPSA) is 183 Å². The molecule has 0 aromatic heterocycles. The summed E-state index contributed by atoms with van der Waals surface area (Å²) < 4.78 is 0. The third-order valence-electron chi connectivity index (χ3n) is 3.39. The number of carbonyl (C=O) groups excluding carboxylic acids is 2. The van der Waals surface area contributed by atoms with Crippen LogP contribution in [0.4, 0.5) is 0 Å². The van der Waals surface area contributed by atoms with Crippen molar-refractivity contribution >= 4 is 17.8 Å². The Morgan fingerprint density at radius 1 is 1.29 bits per heavy atom. The largest absolute Gasteiger partial charge is 0.548 e. The molecule has 0 spiro atoms. The number of nitrogens with two attached hydrogens (primary N) is 2. The zero-order valence-electron chi connectivity index (χ0n) is 13.3. The first-order valence-electron chi connectivity index (χ1n) is 7.53. The summed E-state index contributed by atoms with van der Waals surface area (Å²) in [7, 11) is 0. The molecule has 2 atom stereocenters. The number of hydrogen-bond acceptors (Lipinski definition) is 4. The van der Waals surface area contributed by atoms with Crippen LogP contribution in [0.3, 0.4) is 0 Å². The molecular formula is C15H24N5O4+. The smallest absolute Gasteiger partial charge is 0.338 e. The minimum absolute atomic E-state index is 0.0516. The average molecular weight is 338 g/mol. The van der Waals surface area contributed by atoms with Crippen LogP contribution in [0, 0.1) is 0 Å². The number of benzene rings is 1. The summed E-state index contributed by atoms with van der Waals surface area (Å²) in [6, 6.07) is 4.60. The zero-order valence-corrected chi connectivity index (χ0v) is 13.3. The monoisotopic (exact) mass is 338 g/mol. The molecule has 0 aliphatic heterocycles. The van der Waals surface area contributed by atoms with Crippen LogP contribution in [0.2, 0.25) is 0 Å². The highest BCUT2D eigenvalue weighted by Crippen LogP contribution is 2.10. The number of guanidine groups is 1. The fourth-order valence-corrected chi connectivity index (χ4v) is 2.09. The van der Waals surface area contributed by atoms with Gasteiger partial charge in [-0.3, -0.25) is 21.3 Å². The molecule has 0 radical (unpaired) electrons. The van der Waals surface area contributed by atoms with Crippen molar-refractivity contribution in [3.63, 3.8) is 0 Å². The fraction of sp³-hybridized carbons (Fsp3) is 0.400. The van der Waals surface area contributed by atoms with Gasteiger partial charge in [-0.05, 0) is 30.5 Å². The number of phenols is 1. The van der Waals surface area contributed by atoms with Gasteiger partial charge in [-0.1, -0.05) is 12.1 Å². The Kier molecular flexibility index (Phi) is 7.50. The molecule has 132 valence electrons. The number of amides is 1. The van der Waals surface area contributed by atoms with Gasteiger partial charge < -0.3 is 26.1 Å². The van der Waals surface area contributed by atoms with Crippen LogP contribution < -0.4 is 32.6 Å². The number of hydrogen-bond donors (Lipinski definition) is 6. The van der Waals surface area contributed by atoms with Crippen LogP contribution in [0.25, 0.3) is 0 Å². The normalized spacial score (nSPS) is 12.9. The van der Waals surface area contributed by atoms with Gasteiger partial charge in [0.05, 0.1) is 18.6 Å². The summed E-state index contributed by atoms with van der Waals surface area (Å²) in [5, 5.41) is 22.8. The lowest BCUT2D eigenvalue weighted by atomic mass is 10.0. The van der Waals surface area contributed by atoms with Gasteiger partial charge in [0.25, 0.3) is 5.91 Å². The summed E-state index contributed by atoms with van der Waals surface area (Å²) in [6.45, 7) is 0.392. The number of phenolic OH excluding ortho intramolecular Hbond substituents is 1. The third-order valence-corrected chi connectivity index (χ3v) is 3.39. The van der Waals surface area contributed by atoms with E-state index < -0.39 is 24.0 Å². The minimum Gasteiger partial charge on any atom is -0.548 e. The lowest BCUT2D eigenvalue weighted by molar-refractivity contribution is -0.459. The first-order chi connectivity index (χ1) is 11.3. The molecule has 0 saturated heterocycles. The molecule has 1 aromatic carbocycles. The van der Waals surface area contributed by atoms with Gasteiger partial charge in [0.1, 0.15) is 5.75 Å². The first-order valence-corrected chi connectivity index (χ1v) is 7.53. The van der Waals surface area contributed by atoms with Crippen molar-refractivity contribution < 1.29 is 30.5 Å². The fourth-order valence-electron chi connectivity index (χ4n) is 2.09. The van der Waals surface area contributed by atoms with Crippen molar-refractivity contribution in [2.24, 2.45) is 11.5 Å². The predicted molar refractivity (Wildman–Crippen MR) is 83.9 cm³/mol. The molecular weight excluding hydrogens is 314 g/mol. The third kappa shape index (κ3) is 6.97. The zero-order chi connectivity index (χ0) is 18.1. The number of nitrogens with one attached hydrogen (secondary N) is 2. The molecule has 9 heteroatoms. The number of carboxylic acid groups (broad SMARTS) is 1. The van der Waals surface area contributed by atoms with Crippen molar-refractivity contribution in [3.8, 4) is 5.75 Å². The van der Waals surface area contributed by atoms with E-state index in [9.17, 15) is 19.8 Å². The summed E-state index contributed by atoms with van der Waals surface area (Å²) in [5.74, 6) is -1.65. The first kappa shape index (κ1) is 19.2. The molecule has 0 aliphatic rings. The second kappa shape index (κ2) is 9.36. The molecule has 0 bridgehead atoms. The Bertz CT molecular complexity index is 584. The maximum atomic E-state index is 12.1. The number of rotatable bonds is 9. The molecule has 0 saturated carbocycles. The van der Waals surface area contributed by atoms with Gasteiger partial charge in [-0.15, -0.1) is 0 Å². The molecule has 0 fully saturated rings. The van der Waals surface area contributed by atoms with Gasteiger partial charge in [0.15, 0.2) is 6.04 Å². The highest BCUT2D eigenvalue weighted by molar-refractivity contribution is 5.85. The lowest BCUT2D eigenvalue weighted by Crippen LogP contribution is -2.78. The standard InChI is InChI=1S/C15H23N5O4/c16-11(8-9-3-5-10(21)6-4-9)13(22)20-12(14(23)24)2-1-7-19-15(17)18/h3-6,11-12,21H,1-2,7-8,16H2,(H,20,22)(H,23,24)(H4,17,18,19)/p+1/t11-,12-/m0/s1. The van der Waals surface area contributed by atoms with E-state index in [-0.39, 0.29) is 18.1 Å². The van der Waals surface area contributed by atoms with E-state index in [0.29, 0.717) is 19.4 Å². The summed E-state index contributed by atoms with van der Waals surface area (Å²) >= 11 is 0. The molecule has 1 rings (SSSR count). The van der Waals surface area contributed by atoms with Crippen molar-refractivity contribution in [2.75, 3.05) is 6.54 Å². The van der Waals surface area contributed by atoms with Gasteiger partial charge in [-0.25, -0.2) is 0 Å². The van der Waals surface area contributed by atoms with Crippen molar-refractivity contribution in [2.45, 2.75) is 31.3 Å². The van der Waals surface area contributed by atoms with E-state index in [4.69, 9.17) is 11.5 Å². The number of carboxylic acids is 1. The van der Waals surface area contributed by atoms with E-state index in [1.807, 2.05) is 0 Å². The number of quaternary nitrogens is 1. The molecule has 0 aliphatic carbocycles. The van der Waals surface area contributed by atoms with E-state index in [0.717, 1.165) is 5.56 Å². The second-order valence-corrected chi connectivity index (χ2v) is 5.47. The Balaban J connectivity index is 2.52. The molecule has 1 amide bonds. The van der Waals surface area contributed by atoms with Crippen molar-refractivity contribution in [1.82, 2.24) is 5.32 Å².